The first kappa shape index (κ1) is 13.5. The van der Waals surface area contributed by atoms with Crippen LogP contribution >= 0.6 is 0 Å². The average Bonchev–Trinajstić information content (AvgIpc) is 2.63. The van der Waals surface area contributed by atoms with E-state index >= 15 is 0 Å². The van der Waals surface area contributed by atoms with E-state index in [4.69, 9.17) is 0 Å². The molecule has 1 N–H and O–H groups in total. The average molecular weight is 227 g/mol. The minimum atomic E-state index is -1.24. The third-order valence-corrected chi connectivity index (χ3v) is 3.11. The van der Waals surface area contributed by atoms with Gasteiger partial charge in [-0.15, -0.1) is 0 Å². The topological polar surface area (TPSA) is 40.5 Å². The van der Waals surface area contributed by atoms with Crippen molar-refractivity contribution in [2.75, 3.05) is 6.54 Å². The quantitative estimate of drug-likeness (QED) is 0.799. The minimum absolute atomic E-state index is 0.117. The summed E-state index contributed by atoms with van der Waals surface area (Å²) < 4.78 is 0. The molecule has 0 heterocycles. The van der Waals surface area contributed by atoms with Crippen molar-refractivity contribution < 1.29 is 9.90 Å². The summed E-state index contributed by atoms with van der Waals surface area (Å²) in [6.07, 6.45) is 4.60. The normalized spacial score (nSPS) is 18.1. The molecule has 1 rings (SSSR count). The largest absolute Gasteiger partial charge is 0.381 e. The maximum absolute atomic E-state index is 12.2. The van der Waals surface area contributed by atoms with E-state index in [0.29, 0.717) is 12.0 Å². The van der Waals surface area contributed by atoms with Gasteiger partial charge in [0.15, 0.2) is 0 Å². The lowest BCUT2D eigenvalue weighted by Crippen LogP contribution is -2.50. The number of amides is 1. The fourth-order valence-corrected chi connectivity index (χ4v) is 2.36. The zero-order valence-corrected chi connectivity index (χ0v) is 11.0. The summed E-state index contributed by atoms with van der Waals surface area (Å²) in [4.78, 5) is 14.1. The molecule has 1 aliphatic rings. The molecule has 0 saturated heterocycles. The molecule has 0 atom stereocenters. The van der Waals surface area contributed by atoms with E-state index in [1.54, 1.807) is 13.8 Å². The van der Waals surface area contributed by atoms with Gasteiger partial charge in [-0.05, 0) is 32.6 Å². The standard InChI is InChI=1S/C13H25NO2/c1-10(2)9-14(11-7-5-6-8-11)12(15)13(3,4)16/h10-11,16H,5-9H2,1-4H3. The van der Waals surface area contributed by atoms with Crippen molar-refractivity contribution in [3.05, 3.63) is 0 Å². The Morgan fingerprint density at radius 3 is 2.25 bits per heavy atom. The van der Waals surface area contributed by atoms with Crippen LogP contribution in [0.4, 0.5) is 0 Å². The van der Waals surface area contributed by atoms with Crippen LogP contribution in [0.15, 0.2) is 0 Å². The van der Waals surface area contributed by atoms with Gasteiger partial charge in [-0.1, -0.05) is 26.7 Å². The molecule has 0 spiro atoms. The number of carbonyl (C=O) groups is 1. The van der Waals surface area contributed by atoms with E-state index in [9.17, 15) is 9.90 Å². The predicted octanol–water partition coefficient (Wildman–Crippen LogP) is 2.18. The number of rotatable bonds is 4. The van der Waals surface area contributed by atoms with E-state index in [-0.39, 0.29) is 5.91 Å². The monoisotopic (exact) mass is 227 g/mol. The molecule has 94 valence electrons. The highest BCUT2D eigenvalue weighted by Crippen LogP contribution is 2.26. The predicted molar refractivity (Wildman–Crippen MR) is 65.1 cm³/mol. The Morgan fingerprint density at radius 2 is 1.88 bits per heavy atom. The third kappa shape index (κ3) is 3.48. The molecule has 1 amide bonds. The van der Waals surface area contributed by atoms with Gasteiger partial charge < -0.3 is 10.0 Å². The van der Waals surface area contributed by atoms with E-state index < -0.39 is 5.60 Å². The Labute approximate surface area is 98.8 Å². The first-order chi connectivity index (χ1) is 7.32. The van der Waals surface area contributed by atoms with Crippen molar-refractivity contribution in [3.63, 3.8) is 0 Å². The number of hydrogen-bond donors (Lipinski definition) is 1. The second kappa shape index (κ2) is 5.17. The van der Waals surface area contributed by atoms with Crippen LogP contribution in [0.3, 0.4) is 0 Å². The Hall–Kier alpha value is -0.570. The molecule has 0 bridgehead atoms. The van der Waals surface area contributed by atoms with Crippen LogP contribution < -0.4 is 0 Å². The van der Waals surface area contributed by atoms with Gasteiger partial charge in [0, 0.05) is 12.6 Å². The Kier molecular flexibility index (Phi) is 4.36. The molecule has 0 aromatic carbocycles. The highest BCUT2D eigenvalue weighted by atomic mass is 16.3. The maximum Gasteiger partial charge on any atom is 0.254 e. The summed E-state index contributed by atoms with van der Waals surface area (Å²) in [6, 6.07) is 0.348. The first-order valence-corrected chi connectivity index (χ1v) is 6.36. The van der Waals surface area contributed by atoms with E-state index in [1.165, 1.54) is 12.8 Å². The van der Waals surface area contributed by atoms with Gasteiger partial charge in [0.25, 0.3) is 5.91 Å². The Balaban J connectivity index is 2.73. The Bertz CT molecular complexity index is 237. The van der Waals surface area contributed by atoms with E-state index in [1.807, 2.05) is 4.90 Å². The highest BCUT2D eigenvalue weighted by Gasteiger charge is 2.34. The SMILES string of the molecule is CC(C)CN(C(=O)C(C)(C)O)C1CCCC1. The number of carbonyl (C=O) groups excluding carboxylic acids is 1. The van der Waals surface area contributed by atoms with Crippen molar-refractivity contribution in [1.82, 2.24) is 4.90 Å². The van der Waals surface area contributed by atoms with Crippen LogP contribution in [-0.2, 0) is 4.79 Å². The zero-order chi connectivity index (χ0) is 12.3. The van der Waals surface area contributed by atoms with Gasteiger partial charge in [0.05, 0.1) is 0 Å². The maximum atomic E-state index is 12.2. The summed E-state index contributed by atoms with van der Waals surface area (Å²) in [6.45, 7) is 8.14. The highest BCUT2D eigenvalue weighted by molar-refractivity contribution is 5.84. The lowest BCUT2D eigenvalue weighted by molar-refractivity contribution is -0.150. The fourth-order valence-electron chi connectivity index (χ4n) is 2.36. The smallest absolute Gasteiger partial charge is 0.254 e. The van der Waals surface area contributed by atoms with E-state index in [0.717, 1.165) is 19.4 Å². The molecule has 0 radical (unpaired) electrons. The lowest BCUT2D eigenvalue weighted by Gasteiger charge is -2.34. The molecule has 3 heteroatoms. The number of aliphatic hydroxyl groups is 1. The molecule has 1 fully saturated rings. The molecule has 0 aromatic heterocycles. The Morgan fingerprint density at radius 1 is 1.38 bits per heavy atom. The van der Waals surface area contributed by atoms with Gasteiger partial charge in [-0.2, -0.15) is 0 Å². The zero-order valence-electron chi connectivity index (χ0n) is 11.0. The lowest BCUT2D eigenvalue weighted by atomic mass is 10.0. The molecular weight excluding hydrogens is 202 g/mol. The van der Waals surface area contributed by atoms with Gasteiger partial charge in [-0.3, -0.25) is 4.79 Å². The molecule has 0 aliphatic heterocycles. The van der Waals surface area contributed by atoms with Crippen LogP contribution in [0, 0.1) is 5.92 Å². The summed E-state index contributed by atoms with van der Waals surface area (Å²) in [5.41, 5.74) is -1.24. The van der Waals surface area contributed by atoms with Crippen molar-refractivity contribution in [2.45, 2.75) is 65.0 Å². The molecule has 1 saturated carbocycles. The van der Waals surface area contributed by atoms with Crippen LogP contribution in [0.25, 0.3) is 0 Å². The summed E-state index contributed by atoms with van der Waals surface area (Å²) in [5.74, 6) is 0.333. The fraction of sp³-hybridized carbons (Fsp3) is 0.923. The third-order valence-electron chi connectivity index (χ3n) is 3.11. The van der Waals surface area contributed by atoms with Gasteiger partial charge >= 0.3 is 0 Å². The molecule has 0 unspecified atom stereocenters. The molecule has 0 aromatic rings. The molecular formula is C13H25NO2. The second-order valence-corrected chi connectivity index (χ2v) is 5.85. The summed E-state index contributed by atoms with van der Waals surface area (Å²) in [7, 11) is 0. The molecule has 16 heavy (non-hydrogen) atoms. The van der Waals surface area contributed by atoms with Crippen molar-refractivity contribution in [2.24, 2.45) is 5.92 Å². The van der Waals surface area contributed by atoms with Crippen molar-refractivity contribution in [1.29, 1.82) is 0 Å². The van der Waals surface area contributed by atoms with Gasteiger partial charge in [0.2, 0.25) is 0 Å². The number of hydrogen-bond acceptors (Lipinski definition) is 2. The van der Waals surface area contributed by atoms with Gasteiger partial charge in [0.1, 0.15) is 5.60 Å². The van der Waals surface area contributed by atoms with Crippen molar-refractivity contribution in [3.8, 4) is 0 Å². The van der Waals surface area contributed by atoms with Crippen LogP contribution in [0.5, 0.6) is 0 Å². The van der Waals surface area contributed by atoms with Gasteiger partial charge in [-0.25, -0.2) is 0 Å². The van der Waals surface area contributed by atoms with Crippen LogP contribution in [0.1, 0.15) is 53.4 Å². The summed E-state index contributed by atoms with van der Waals surface area (Å²) in [5, 5.41) is 9.84. The minimum Gasteiger partial charge on any atom is -0.381 e. The number of nitrogens with zero attached hydrogens (tertiary/aromatic N) is 1. The molecule has 1 aliphatic carbocycles. The van der Waals surface area contributed by atoms with E-state index in [2.05, 4.69) is 13.8 Å². The second-order valence-electron chi connectivity index (χ2n) is 5.85. The van der Waals surface area contributed by atoms with Crippen LogP contribution in [0.2, 0.25) is 0 Å². The first-order valence-electron chi connectivity index (χ1n) is 6.36. The summed E-state index contributed by atoms with van der Waals surface area (Å²) >= 11 is 0. The molecule has 3 nitrogen and oxygen atoms in total. The van der Waals surface area contributed by atoms with Crippen LogP contribution in [-0.4, -0.2) is 34.1 Å². The van der Waals surface area contributed by atoms with Crippen molar-refractivity contribution >= 4 is 5.91 Å².